The second-order valence-electron chi connectivity index (χ2n) is 2.43. The Labute approximate surface area is 83.2 Å². The zero-order valence-corrected chi connectivity index (χ0v) is 8.41. The van der Waals surface area contributed by atoms with Gasteiger partial charge in [-0.15, -0.1) is 0 Å². The van der Waals surface area contributed by atoms with Crippen LogP contribution in [0.5, 0.6) is 0 Å². The summed E-state index contributed by atoms with van der Waals surface area (Å²) in [6.07, 6.45) is 2.55. The van der Waals surface area contributed by atoms with E-state index < -0.39 is 5.97 Å². The first-order valence-corrected chi connectivity index (χ1v) is 4.24. The summed E-state index contributed by atoms with van der Waals surface area (Å²) in [6, 6.07) is 0. The maximum Gasteiger partial charge on any atom is 0.345 e. The van der Waals surface area contributed by atoms with Crippen molar-refractivity contribution in [1.29, 1.82) is 0 Å². The first kappa shape index (κ1) is 12.4. The first-order chi connectivity index (χ1) is 6.63. The fourth-order valence-electron chi connectivity index (χ4n) is 0.654. The lowest BCUT2D eigenvalue weighted by molar-refractivity contribution is -0.139. The molecule has 0 spiro atoms. The average molecular weight is 198 g/mol. The molecule has 0 N–H and O–H groups in total. The predicted molar refractivity (Wildman–Crippen MR) is 51.5 cm³/mol. The lowest BCUT2D eigenvalue weighted by atomic mass is 10.2. The number of carbonyl (C=O) groups is 2. The van der Waals surface area contributed by atoms with E-state index in [-0.39, 0.29) is 18.0 Å². The van der Waals surface area contributed by atoms with Crippen LogP contribution in [-0.4, -0.2) is 25.0 Å². The minimum atomic E-state index is -0.689. The average Bonchev–Trinajstić information content (AvgIpc) is 2.14. The highest BCUT2D eigenvalue weighted by Gasteiger charge is 2.15. The molecule has 78 valence electrons. The summed E-state index contributed by atoms with van der Waals surface area (Å²) >= 11 is 0. The van der Waals surface area contributed by atoms with Gasteiger partial charge in [-0.05, 0) is 13.8 Å². The minimum Gasteiger partial charge on any atom is -0.500 e. The van der Waals surface area contributed by atoms with Crippen LogP contribution in [0.2, 0.25) is 0 Å². The summed E-state index contributed by atoms with van der Waals surface area (Å²) in [6.45, 7) is 6.89. The molecule has 0 radical (unpaired) electrons. The van der Waals surface area contributed by atoms with E-state index in [0.717, 1.165) is 6.26 Å². The Morgan fingerprint density at radius 1 is 1.43 bits per heavy atom. The van der Waals surface area contributed by atoms with E-state index in [4.69, 9.17) is 4.74 Å². The van der Waals surface area contributed by atoms with Gasteiger partial charge in [0.15, 0.2) is 5.78 Å². The highest BCUT2D eigenvalue weighted by atomic mass is 16.5. The Bertz CT molecular complexity index is 253. The number of ketones is 1. The molecule has 0 aliphatic carbocycles. The lowest BCUT2D eigenvalue weighted by Crippen LogP contribution is -2.14. The number of rotatable bonds is 6. The number of hydrogen-bond acceptors (Lipinski definition) is 4. The van der Waals surface area contributed by atoms with Crippen LogP contribution >= 0.6 is 0 Å². The van der Waals surface area contributed by atoms with E-state index >= 15 is 0 Å². The van der Waals surface area contributed by atoms with Gasteiger partial charge in [0, 0.05) is 0 Å². The topological polar surface area (TPSA) is 52.6 Å². The van der Waals surface area contributed by atoms with Gasteiger partial charge in [-0.1, -0.05) is 12.7 Å². The Morgan fingerprint density at radius 2 is 2.07 bits per heavy atom. The summed E-state index contributed by atoms with van der Waals surface area (Å²) in [5.41, 5.74) is -0.0892. The van der Waals surface area contributed by atoms with Gasteiger partial charge in [-0.3, -0.25) is 4.79 Å². The van der Waals surface area contributed by atoms with E-state index in [1.54, 1.807) is 6.92 Å². The number of Topliss-reactive ketones (excluding diaryl/α,β-unsaturated/α-hetero) is 1. The van der Waals surface area contributed by atoms with E-state index in [1.165, 1.54) is 13.0 Å². The summed E-state index contributed by atoms with van der Waals surface area (Å²) in [7, 11) is 0. The molecule has 0 saturated carbocycles. The fourth-order valence-corrected chi connectivity index (χ4v) is 0.654. The number of carbonyl (C=O) groups excluding carboxylic acids is 2. The van der Waals surface area contributed by atoms with E-state index in [0.29, 0.717) is 6.61 Å². The molecule has 0 aliphatic heterocycles. The van der Waals surface area contributed by atoms with Gasteiger partial charge in [-0.25, -0.2) is 4.79 Å². The monoisotopic (exact) mass is 198 g/mol. The zero-order valence-electron chi connectivity index (χ0n) is 8.41. The Balaban J connectivity index is 4.41. The minimum absolute atomic E-state index is 0.0789. The molecule has 0 bridgehead atoms. The van der Waals surface area contributed by atoms with Crippen LogP contribution in [0.15, 0.2) is 24.5 Å². The van der Waals surface area contributed by atoms with Crippen molar-refractivity contribution in [2.75, 3.05) is 13.2 Å². The van der Waals surface area contributed by atoms with Crippen molar-refractivity contribution < 1.29 is 19.1 Å². The van der Waals surface area contributed by atoms with E-state index in [9.17, 15) is 9.59 Å². The van der Waals surface area contributed by atoms with Gasteiger partial charge in [0.1, 0.15) is 18.4 Å². The molecule has 0 aliphatic rings. The van der Waals surface area contributed by atoms with Crippen LogP contribution in [0.3, 0.4) is 0 Å². The Kier molecular flexibility index (Phi) is 6.11. The summed E-state index contributed by atoms with van der Waals surface area (Å²) in [5, 5.41) is 0. The standard InChI is InChI=1S/C10H14O4/c1-4-6-14-10(12)9(8(3)11)7-13-5-2/h4,7H,1,5-6H2,2-3H3. The molecule has 0 rings (SSSR count). The van der Waals surface area contributed by atoms with Crippen LogP contribution in [0.25, 0.3) is 0 Å². The van der Waals surface area contributed by atoms with Crippen LogP contribution in [-0.2, 0) is 19.1 Å². The molecule has 4 heteroatoms. The number of esters is 1. The second-order valence-corrected chi connectivity index (χ2v) is 2.43. The molecule has 0 aromatic heterocycles. The third kappa shape index (κ3) is 4.45. The first-order valence-electron chi connectivity index (χ1n) is 4.24. The predicted octanol–water partition coefficient (Wildman–Crippen LogP) is 1.22. The van der Waals surface area contributed by atoms with Crippen molar-refractivity contribution >= 4 is 11.8 Å². The van der Waals surface area contributed by atoms with Gasteiger partial charge in [0.05, 0.1) is 6.61 Å². The number of ether oxygens (including phenoxy) is 2. The van der Waals surface area contributed by atoms with Crippen LogP contribution in [0.4, 0.5) is 0 Å². The third-order valence-electron chi connectivity index (χ3n) is 1.30. The van der Waals surface area contributed by atoms with Gasteiger partial charge >= 0.3 is 5.97 Å². The maximum atomic E-state index is 11.2. The largest absolute Gasteiger partial charge is 0.500 e. The fraction of sp³-hybridized carbons (Fsp3) is 0.400. The molecule has 0 unspecified atom stereocenters. The van der Waals surface area contributed by atoms with E-state index in [1.807, 2.05) is 0 Å². The molecule has 0 fully saturated rings. The van der Waals surface area contributed by atoms with Gasteiger partial charge in [0.2, 0.25) is 0 Å². The molecule has 0 saturated heterocycles. The Hall–Kier alpha value is -1.58. The van der Waals surface area contributed by atoms with E-state index in [2.05, 4.69) is 11.3 Å². The lowest BCUT2D eigenvalue weighted by Gasteiger charge is -2.03. The molecule has 0 amide bonds. The highest BCUT2D eigenvalue weighted by Crippen LogP contribution is 2.00. The van der Waals surface area contributed by atoms with Crippen molar-refractivity contribution in [3.63, 3.8) is 0 Å². The smallest absolute Gasteiger partial charge is 0.345 e. The zero-order chi connectivity index (χ0) is 11.0. The summed E-state index contributed by atoms with van der Waals surface area (Å²) in [4.78, 5) is 22.2. The van der Waals surface area contributed by atoms with Gasteiger partial charge < -0.3 is 9.47 Å². The molecule has 0 aromatic rings. The molecule has 0 aromatic carbocycles. The molecule has 0 atom stereocenters. The van der Waals surface area contributed by atoms with Crippen molar-refractivity contribution in [3.05, 3.63) is 24.5 Å². The quantitative estimate of drug-likeness (QED) is 0.161. The summed E-state index contributed by atoms with van der Waals surface area (Å²) in [5.74, 6) is -1.07. The molecule has 0 heterocycles. The highest BCUT2D eigenvalue weighted by molar-refractivity contribution is 6.16. The van der Waals surface area contributed by atoms with Crippen LogP contribution in [0, 0.1) is 0 Å². The normalized spacial score (nSPS) is 10.6. The van der Waals surface area contributed by atoms with Crippen molar-refractivity contribution in [1.82, 2.24) is 0 Å². The van der Waals surface area contributed by atoms with Crippen molar-refractivity contribution in [2.24, 2.45) is 0 Å². The van der Waals surface area contributed by atoms with Gasteiger partial charge in [0.25, 0.3) is 0 Å². The van der Waals surface area contributed by atoms with Gasteiger partial charge in [-0.2, -0.15) is 0 Å². The van der Waals surface area contributed by atoms with Crippen LogP contribution < -0.4 is 0 Å². The van der Waals surface area contributed by atoms with Crippen molar-refractivity contribution in [2.45, 2.75) is 13.8 Å². The van der Waals surface area contributed by atoms with Crippen molar-refractivity contribution in [3.8, 4) is 0 Å². The van der Waals surface area contributed by atoms with Crippen LogP contribution in [0.1, 0.15) is 13.8 Å². The molecule has 14 heavy (non-hydrogen) atoms. The molecular formula is C10H14O4. The third-order valence-corrected chi connectivity index (χ3v) is 1.30. The summed E-state index contributed by atoms with van der Waals surface area (Å²) < 4.78 is 9.53. The Morgan fingerprint density at radius 3 is 2.50 bits per heavy atom. The second kappa shape index (κ2) is 6.88. The molecule has 4 nitrogen and oxygen atoms in total. The SMILES string of the molecule is C=CCOC(=O)C(=COCC)C(C)=O. The number of hydrogen-bond donors (Lipinski definition) is 0. The maximum absolute atomic E-state index is 11.2. The molecular weight excluding hydrogens is 184 g/mol.